The first-order valence-electron chi connectivity index (χ1n) is 6.15. The molecule has 1 aromatic heterocycles. The molecule has 1 aromatic rings. The van der Waals surface area contributed by atoms with Crippen LogP contribution in [-0.2, 0) is 16.6 Å². The van der Waals surface area contributed by atoms with Crippen LogP contribution >= 0.6 is 15.9 Å². The van der Waals surface area contributed by atoms with Crippen LogP contribution in [-0.4, -0.2) is 40.5 Å². The van der Waals surface area contributed by atoms with Crippen molar-refractivity contribution in [3.63, 3.8) is 0 Å². The number of esters is 1. The molecule has 0 saturated heterocycles. The number of carbonyl (C=O) groups excluding carboxylic acids is 2. The van der Waals surface area contributed by atoms with Crippen LogP contribution in [0.15, 0.2) is 16.7 Å². The van der Waals surface area contributed by atoms with Crippen molar-refractivity contribution in [2.75, 3.05) is 13.2 Å². The molecule has 1 amide bonds. The van der Waals surface area contributed by atoms with Gasteiger partial charge < -0.3 is 14.2 Å². The van der Waals surface area contributed by atoms with Gasteiger partial charge in [-0.3, -0.25) is 9.59 Å². The Morgan fingerprint density at radius 1 is 1.47 bits per heavy atom. The third kappa shape index (κ3) is 4.09. The van der Waals surface area contributed by atoms with E-state index in [-0.39, 0.29) is 18.5 Å². The van der Waals surface area contributed by atoms with E-state index in [0.717, 1.165) is 4.47 Å². The predicted octanol–water partition coefficient (Wildman–Crippen LogP) is 2.20. The molecule has 0 fully saturated rings. The summed E-state index contributed by atoms with van der Waals surface area (Å²) in [4.78, 5) is 25.5. The van der Waals surface area contributed by atoms with E-state index in [9.17, 15) is 9.59 Å². The van der Waals surface area contributed by atoms with Gasteiger partial charge in [-0.2, -0.15) is 0 Å². The van der Waals surface area contributed by atoms with Crippen molar-refractivity contribution in [3.05, 3.63) is 22.4 Å². The lowest BCUT2D eigenvalue weighted by Gasteiger charge is -2.25. The molecule has 0 atom stereocenters. The molecule has 0 aliphatic heterocycles. The molecule has 0 unspecified atom stereocenters. The van der Waals surface area contributed by atoms with E-state index in [1.54, 1.807) is 30.8 Å². The fraction of sp³-hybridized carbons (Fsp3) is 0.538. The number of nitrogens with zero attached hydrogens (tertiary/aromatic N) is 2. The molecule has 0 aliphatic rings. The normalized spacial score (nSPS) is 10.6. The SMILES string of the molecule is CCOC(=O)CN(C(=O)c1cc(Br)cn1C)C(C)C. The predicted molar refractivity (Wildman–Crippen MR) is 75.9 cm³/mol. The third-order valence-corrected chi connectivity index (χ3v) is 3.11. The van der Waals surface area contributed by atoms with E-state index in [2.05, 4.69) is 15.9 Å². The molecule has 0 bridgehead atoms. The van der Waals surface area contributed by atoms with Crippen molar-refractivity contribution in [2.24, 2.45) is 7.05 Å². The Hall–Kier alpha value is -1.30. The van der Waals surface area contributed by atoms with Gasteiger partial charge in [0.25, 0.3) is 5.91 Å². The van der Waals surface area contributed by atoms with Gasteiger partial charge in [-0.05, 0) is 42.8 Å². The maximum Gasteiger partial charge on any atom is 0.325 e. The van der Waals surface area contributed by atoms with Crippen molar-refractivity contribution in [1.82, 2.24) is 9.47 Å². The van der Waals surface area contributed by atoms with Crippen molar-refractivity contribution in [2.45, 2.75) is 26.8 Å². The number of amides is 1. The van der Waals surface area contributed by atoms with Crippen molar-refractivity contribution in [3.8, 4) is 0 Å². The Morgan fingerprint density at radius 2 is 2.11 bits per heavy atom. The molecule has 1 heterocycles. The van der Waals surface area contributed by atoms with Crippen molar-refractivity contribution in [1.29, 1.82) is 0 Å². The van der Waals surface area contributed by atoms with E-state index >= 15 is 0 Å². The fourth-order valence-corrected chi connectivity index (χ4v) is 2.24. The van der Waals surface area contributed by atoms with E-state index < -0.39 is 5.97 Å². The fourth-order valence-electron chi connectivity index (χ4n) is 1.72. The van der Waals surface area contributed by atoms with Gasteiger partial charge in [-0.15, -0.1) is 0 Å². The van der Waals surface area contributed by atoms with E-state index in [4.69, 9.17) is 4.74 Å². The Balaban J connectivity index is 2.90. The molecule has 19 heavy (non-hydrogen) atoms. The van der Waals surface area contributed by atoms with Crippen LogP contribution in [0.4, 0.5) is 0 Å². The highest BCUT2D eigenvalue weighted by atomic mass is 79.9. The molecule has 0 spiro atoms. The molecule has 1 rings (SSSR count). The van der Waals surface area contributed by atoms with Crippen LogP contribution in [0.3, 0.4) is 0 Å². The minimum atomic E-state index is -0.391. The van der Waals surface area contributed by atoms with Crippen LogP contribution in [0.2, 0.25) is 0 Å². The lowest BCUT2D eigenvalue weighted by atomic mass is 10.2. The first kappa shape index (κ1) is 15.8. The van der Waals surface area contributed by atoms with Gasteiger partial charge in [0.05, 0.1) is 6.61 Å². The lowest BCUT2D eigenvalue weighted by molar-refractivity contribution is -0.144. The number of hydrogen-bond donors (Lipinski definition) is 0. The number of carbonyl (C=O) groups is 2. The molecular weight excluding hydrogens is 312 g/mol. The monoisotopic (exact) mass is 330 g/mol. The molecule has 0 radical (unpaired) electrons. The molecule has 106 valence electrons. The Bertz CT molecular complexity index is 468. The second-order valence-electron chi connectivity index (χ2n) is 4.49. The van der Waals surface area contributed by atoms with Crippen LogP contribution in [0.1, 0.15) is 31.3 Å². The molecule has 6 heteroatoms. The summed E-state index contributed by atoms with van der Waals surface area (Å²) in [6, 6.07) is 1.66. The van der Waals surface area contributed by atoms with Crippen molar-refractivity contribution >= 4 is 27.8 Å². The quantitative estimate of drug-likeness (QED) is 0.778. The third-order valence-electron chi connectivity index (χ3n) is 2.68. The largest absolute Gasteiger partial charge is 0.465 e. The zero-order chi connectivity index (χ0) is 14.6. The summed E-state index contributed by atoms with van der Waals surface area (Å²) in [7, 11) is 1.79. The Kier molecular flexibility index (Phi) is 5.60. The van der Waals surface area contributed by atoms with Crippen molar-refractivity contribution < 1.29 is 14.3 Å². The van der Waals surface area contributed by atoms with Gasteiger partial charge in [-0.25, -0.2) is 0 Å². The highest BCUT2D eigenvalue weighted by Crippen LogP contribution is 2.16. The number of hydrogen-bond acceptors (Lipinski definition) is 3. The first-order chi connectivity index (χ1) is 8.86. The molecule has 0 aliphatic carbocycles. The number of rotatable bonds is 5. The van der Waals surface area contributed by atoms with E-state index in [0.29, 0.717) is 12.3 Å². The summed E-state index contributed by atoms with van der Waals surface area (Å²) < 4.78 is 7.46. The van der Waals surface area contributed by atoms with E-state index in [1.807, 2.05) is 13.8 Å². The zero-order valence-corrected chi connectivity index (χ0v) is 13.2. The average molecular weight is 331 g/mol. The van der Waals surface area contributed by atoms with Gasteiger partial charge in [0, 0.05) is 23.8 Å². The van der Waals surface area contributed by atoms with Crippen LogP contribution in [0.5, 0.6) is 0 Å². The molecule has 0 saturated carbocycles. The summed E-state index contributed by atoms with van der Waals surface area (Å²) in [5, 5.41) is 0. The van der Waals surface area contributed by atoms with Gasteiger partial charge in [0.1, 0.15) is 12.2 Å². The zero-order valence-electron chi connectivity index (χ0n) is 11.6. The van der Waals surface area contributed by atoms with E-state index in [1.165, 1.54) is 4.90 Å². The summed E-state index contributed by atoms with van der Waals surface area (Å²) >= 11 is 3.33. The minimum Gasteiger partial charge on any atom is -0.465 e. The number of ether oxygens (including phenoxy) is 1. The average Bonchev–Trinajstić information content (AvgIpc) is 2.64. The topological polar surface area (TPSA) is 51.5 Å². The molecule has 0 N–H and O–H groups in total. The molecular formula is C13H19BrN2O3. The minimum absolute atomic E-state index is 0.0346. The number of aromatic nitrogens is 1. The highest BCUT2D eigenvalue weighted by Gasteiger charge is 2.24. The van der Waals surface area contributed by atoms with Crippen LogP contribution in [0.25, 0.3) is 0 Å². The Morgan fingerprint density at radius 3 is 2.53 bits per heavy atom. The highest BCUT2D eigenvalue weighted by molar-refractivity contribution is 9.10. The molecule has 0 aromatic carbocycles. The van der Waals surface area contributed by atoms with Gasteiger partial charge in [0.15, 0.2) is 0 Å². The standard InChI is InChI=1S/C13H19BrN2O3/c1-5-19-12(17)8-16(9(2)3)13(18)11-6-10(14)7-15(11)4/h6-7,9H,5,8H2,1-4H3. The summed E-state index contributed by atoms with van der Waals surface area (Å²) in [5.41, 5.74) is 0.532. The number of aryl methyl sites for hydroxylation is 1. The second kappa shape index (κ2) is 6.75. The Labute approximate surface area is 121 Å². The summed E-state index contributed by atoms with van der Waals surface area (Å²) in [5.74, 6) is -0.575. The maximum absolute atomic E-state index is 12.4. The lowest BCUT2D eigenvalue weighted by Crippen LogP contribution is -2.41. The van der Waals surface area contributed by atoms with Gasteiger partial charge in [-0.1, -0.05) is 0 Å². The van der Waals surface area contributed by atoms with Crippen LogP contribution < -0.4 is 0 Å². The molecule has 5 nitrogen and oxygen atoms in total. The maximum atomic E-state index is 12.4. The van der Waals surface area contributed by atoms with Crippen LogP contribution in [0, 0.1) is 0 Å². The first-order valence-corrected chi connectivity index (χ1v) is 6.94. The number of halogens is 1. The summed E-state index contributed by atoms with van der Waals surface area (Å²) in [6.07, 6.45) is 1.80. The summed E-state index contributed by atoms with van der Waals surface area (Å²) in [6.45, 7) is 5.76. The van der Waals surface area contributed by atoms with Gasteiger partial charge in [0.2, 0.25) is 0 Å². The second-order valence-corrected chi connectivity index (χ2v) is 5.40. The smallest absolute Gasteiger partial charge is 0.325 e. The van der Waals surface area contributed by atoms with Gasteiger partial charge >= 0.3 is 5.97 Å².